The number of hydrogen-bond donors (Lipinski definition) is 4. The van der Waals surface area contributed by atoms with Crippen LogP contribution in [-0.4, -0.2) is 35.2 Å². The number of nitrogens with one attached hydrogen (secondary N) is 2. The lowest BCUT2D eigenvalue weighted by atomic mass is 10.0. The Labute approximate surface area is 159 Å². The highest BCUT2D eigenvalue weighted by Gasteiger charge is 2.28. The Balaban J connectivity index is 2.05. The number of hydrogen-bond acceptors (Lipinski definition) is 4. The first-order valence-corrected chi connectivity index (χ1v) is 9.03. The molecule has 2 atom stereocenters. The first kappa shape index (κ1) is 20.6. The number of carbonyl (C=O) groups is 2. The van der Waals surface area contributed by atoms with Crippen molar-refractivity contribution in [2.75, 3.05) is 13.2 Å². The molecule has 0 fully saturated rings. The molecule has 0 aliphatic carbocycles. The van der Waals surface area contributed by atoms with Gasteiger partial charge in [-0.3, -0.25) is 9.59 Å². The van der Waals surface area contributed by atoms with Crippen LogP contribution in [-0.2, 0) is 9.59 Å². The minimum Gasteiger partial charge on any atom is -0.394 e. The second-order valence-corrected chi connectivity index (χ2v) is 6.27. The Morgan fingerprint density at radius 3 is 1.44 bits per heavy atom. The van der Waals surface area contributed by atoms with Crippen LogP contribution in [0.15, 0.2) is 60.7 Å². The Hall–Kier alpha value is -2.70. The van der Waals surface area contributed by atoms with Crippen molar-refractivity contribution in [1.29, 1.82) is 0 Å². The zero-order valence-electron chi connectivity index (χ0n) is 15.3. The second-order valence-electron chi connectivity index (χ2n) is 6.27. The maximum absolute atomic E-state index is 12.6. The molecule has 0 spiro atoms. The fourth-order valence-corrected chi connectivity index (χ4v) is 2.87. The first-order chi connectivity index (χ1) is 13.1. The minimum absolute atomic E-state index is 0.267. The molecular formula is C21H26N2O4. The Bertz CT molecular complexity index is 660. The predicted molar refractivity (Wildman–Crippen MR) is 103 cm³/mol. The molecule has 0 aromatic heterocycles. The lowest BCUT2D eigenvalue weighted by molar-refractivity contribution is -0.136. The van der Waals surface area contributed by atoms with Gasteiger partial charge in [0.05, 0.1) is 25.3 Å². The van der Waals surface area contributed by atoms with Crippen LogP contribution in [0.5, 0.6) is 0 Å². The van der Waals surface area contributed by atoms with E-state index < -0.39 is 29.8 Å². The number of rotatable bonds is 9. The third kappa shape index (κ3) is 5.64. The number of carbonyl (C=O) groups excluding carboxylic acids is 2. The van der Waals surface area contributed by atoms with E-state index in [-0.39, 0.29) is 13.2 Å². The van der Waals surface area contributed by atoms with Crippen LogP contribution in [0, 0.1) is 5.92 Å². The van der Waals surface area contributed by atoms with Gasteiger partial charge in [0.1, 0.15) is 5.92 Å². The van der Waals surface area contributed by atoms with Crippen LogP contribution in [0.3, 0.4) is 0 Å². The van der Waals surface area contributed by atoms with Crippen molar-refractivity contribution >= 4 is 11.8 Å². The van der Waals surface area contributed by atoms with E-state index in [1.54, 1.807) is 31.2 Å². The topological polar surface area (TPSA) is 98.7 Å². The summed E-state index contributed by atoms with van der Waals surface area (Å²) in [5.74, 6) is -1.83. The molecule has 2 rings (SSSR count). The molecule has 0 unspecified atom stereocenters. The molecule has 27 heavy (non-hydrogen) atoms. The SMILES string of the molecule is CCC(C(=O)N[C@@H](CO)c1ccccc1)C(=O)N[C@@H](CO)c1ccccc1. The molecule has 0 saturated heterocycles. The number of benzene rings is 2. The average Bonchev–Trinajstić information content (AvgIpc) is 2.72. The molecule has 0 bridgehead atoms. The lowest BCUT2D eigenvalue weighted by Crippen LogP contribution is -2.44. The van der Waals surface area contributed by atoms with Crippen molar-refractivity contribution in [3.8, 4) is 0 Å². The van der Waals surface area contributed by atoms with E-state index in [0.29, 0.717) is 6.42 Å². The molecule has 0 aliphatic rings. The smallest absolute Gasteiger partial charge is 0.233 e. The zero-order chi connectivity index (χ0) is 19.6. The van der Waals surface area contributed by atoms with Crippen LogP contribution in [0.2, 0.25) is 0 Å². The highest BCUT2D eigenvalue weighted by atomic mass is 16.3. The van der Waals surface area contributed by atoms with E-state index in [4.69, 9.17) is 0 Å². The average molecular weight is 370 g/mol. The van der Waals surface area contributed by atoms with Gasteiger partial charge in [0.25, 0.3) is 0 Å². The van der Waals surface area contributed by atoms with Crippen molar-refractivity contribution < 1.29 is 19.8 Å². The first-order valence-electron chi connectivity index (χ1n) is 9.03. The van der Waals surface area contributed by atoms with E-state index in [2.05, 4.69) is 10.6 Å². The van der Waals surface area contributed by atoms with Crippen LogP contribution < -0.4 is 10.6 Å². The van der Waals surface area contributed by atoms with Gasteiger partial charge < -0.3 is 20.8 Å². The van der Waals surface area contributed by atoms with E-state index >= 15 is 0 Å². The van der Waals surface area contributed by atoms with Crippen LogP contribution >= 0.6 is 0 Å². The van der Waals surface area contributed by atoms with Crippen LogP contribution in [0.25, 0.3) is 0 Å². The van der Waals surface area contributed by atoms with Gasteiger partial charge in [0, 0.05) is 0 Å². The van der Waals surface area contributed by atoms with E-state index in [1.807, 2.05) is 36.4 Å². The monoisotopic (exact) mass is 370 g/mol. The van der Waals surface area contributed by atoms with Gasteiger partial charge in [-0.25, -0.2) is 0 Å². The van der Waals surface area contributed by atoms with Crippen molar-refractivity contribution in [1.82, 2.24) is 10.6 Å². The summed E-state index contributed by atoms with van der Waals surface area (Å²) in [5, 5.41) is 24.7. The maximum atomic E-state index is 12.6. The van der Waals surface area contributed by atoms with E-state index in [9.17, 15) is 19.8 Å². The Morgan fingerprint density at radius 2 is 1.15 bits per heavy atom. The maximum Gasteiger partial charge on any atom is 0.233 e. The molecule has 2 aromatic rings. The molecule has 6 nitrogen and oxygen atoms in total. The standard InChI is InChI=1S/C21H26N2O4/c1-2-17(20(26)22-18(13-24)15-9-5-3-6-10-15)21(27)23-19(14-25)16-11-7-4-8-12-16/h3-12,17-19,24-25H,2,13-14H2,1H3,(H,22,26)(H,23,27)/t18-,19-/m0/s1. The summed E-state index contributed by atoms with van der Waals surface area (Å²) in [6, 6.07) is 17.0. The third-order valence-electron chi connectivity index (χ3n) is 4.44. The van der Waals surface area contributed by atoms with E-state index in [1.165, 1.54) is 0 Å². The summed E-state index contributed by atoms with van der Waals surface area (Å²) in [6.07, 6.45) is 0.303. The zero-order valence-corrected chi connectivity index (χ0v) is 15.3. The molecule has 0 heterocycles. The summed E-state index contributed by atoms with van der Waals surface area (Å²) < 4.78 is 0. The molecule has 2 aromatic carbocycles. The molecule has 0 radical (unpaired) electrons. The highest BCUT2D eigenvalue weighted by molar-refractivity contribution is 6.00. The normalized spacial score (nSPS) is 13.0. The summed E-state index contributed by atoms with van der Waals surface area (Å²) in [4.78, 5) is 25.2. The van der Waals surface area contributed by atoms with Gasteiger partial charge >= 0.3 is 0 Å². The fraction of sp³-hybridized carbons (Fsp3) is 0.333. The number of aliphatic hydroxyl groups excluding tert-OH is 2. The van der Waals surface area contributed by atoms with E-state index in [0.717, 1.165) is 11.1 Å². The highest BCUT2D eigenvalue weighted by Crippen LogP contribution is 2.16. The lowest BCUT2D eigenvalue weighted by Gasteiger charge is -2.23. The van der Waals surface area contributed by atoms with Gasteiger partial charge in [-0.05, 0) is 17.5 Å². The minimum atomic E-state index is -0.916. The summed E-state index contributed by atoms with van der Waals surface area (Å²) in [5.41, 5.74) is 1.53. The number of aliphatic hydroxyl groups is 2. The molecule has 144 valence electrons. The second kappa shape index (κ2) is 10.4. The molecule has 4 N–H and O–H groups in total. The van der Waals surface area contributed by atoms with Gasteiger partial charge in [-0.1, -0.05) is 67.6 Å². The summed E-state index contributed by atoms with van der Waals surface area (Å²) in [7, 11) is 0. The third-order valence-corrected chi connectivity index (χ3v) is 4.44. The number of amides is 2. The van der Waals surface area contributed by atoms with Crippen LogP contribution in [0.1, 0.15) is 36.6 Å². The molecule has 0 saturated carbocycles. The summed E-state index contributed by atoms with van der Waals surface area (Å²) >= 11 is 0. The molecular weight excluding hydrogens is 344 g/mol. The van der Waals surface area contributed by atoms with Crippen LogP contribution in [0.4, 0.5) is 0 Å². The van der Waals surface area contributed by atoms with Crippen molar-refractivity contribution in [2.24, 2.45) is 5.92 Å². The van der Waals surface area contributed by atoms with Gasteiger partial charge in [0.2, 0.25) is 11.8 Å². The largest absolute Gasteiger partial charge is 0.394 e. The molecule has 2 amide bonds. The van der Waals surface area contributed by atoms with Crippen molar-refractivity contribution in [3.05, 3.63) is 71.8 Å². The Kier molecular flexibility index (Phi) is 7.98. The van der Waals surface area contributed by atoms with Crippen molar-refractivity contribution in [2.45, 2.75) is 25.4 Å². The predicted octanol–water partition coefficient (Wildman–Crippen LogP) is 1.71. The molecule has 0 aliphatic heterocycles. The van der Waals surface area contributed by atoms with Gasteiger partial charge in [0.15, 0.2) is 0 Å². The Morgan fingerprint density at radius 1 is 0.778 bits per heavy atom. The van der Waals surface area contributed by atoms with Crippen molar-refractivity contribution in [3.63, 3.8) is 0 Å². The molecule has 6 heteroatoms. The summed E-state index contributed by atoms with van der Waals surface area (Å²) in [6.45, 7) is 1.21. The fourth-order valence-electron chi connectivity index (χ4n) is 2.87. The van der Waals surface area contributed by atoms with Gasteiger partial charge in [-0.2, -0.15) is 0 Å². The quantitative estimate of drug-likeness (QED) is 0.505. The van der Waals surface area contributed by atoms with Gasteiger partial charge in [-0.15, -0.1) is 0 Å².